The number of carboxylic acids is 1. The van der Waals surface area contributed by atoms with Crippen LogP contribution in [0.25, 0.3) is 11.3 Å². The van der Waals surface area contributed by atoms with Crippen LogP contribution in [-0.2, 0) is 16.1 Å². The van der Waals surface area contributed by atoms with Crippen LogP contribution in [0.3, 0.4) is 0 Å². The number of primary amides is 1. The lowest BCUT2D eigenvalue weighted by molar-refractivity contribution is -0.137. The zero-order valence-electron chi connectivity index (χ0n) is 25.9. The Labute approximate surface area is 278 Å². The topological polar surface area (TPSA) is 149 Å². The summed E-state index contributed by atoms with van der Waals surface area (Å²) < 4.78 is 11.0. The average molecular weight is 676 g/mol. The second-order valence-corrected chi connectivity index (χ2v) is 11.9. The van der Waals surface area contributed by atoms with Crippen molar-refractivity contribution in [1.29, 1.82) is 0 Å². The van der Waals surface area contributed by atoms with Gasteiger partial charge in [-0.25, -0.2) is 19.8 Å². The molecule has 0 saturated carbocycles. The molecule has 1 aromatic carbocycles. The number of nitrogens with two attached hydrogens (primary N) is 1. The summed E-state index contributed by atoms with van der Waals surface area (Å²) in [6, 6.07) is 9.22. The maximum absolute atomic E-state index is 10.9. The molecule has 3 N–H and O–H groups in total. The summed E-state index contributed by atoms with van der Waals surface area (Å²) in [5.74, 6) is 0.574. The quantitative estimate of drug-likeness (QED) is 0.194. The fourth-order valence-electron chi connectivity index (χ4n) is 5.24. The van der Waals surface area contributed by atoms with Gasteiger partial charge in [-0.1, -0.05) is 23.2 Å². The van der Waals surface area contributed by atoms with Crippen molar-refractivity contribution >= 4 is 47.9 Å². The maximum Gasteiger partial charge on any atom is 0.404 e. The molecule has 0 bridgehead atoms. The number of amides is 1. The molecule has 0 radical (unpaired) electrons. The van der Waals surface area contributed by atoms with Crippen LogP contribution in [0.4, 0.5) is 4.79 Å². The Bertz CT molecular complexity index is 1420. The normalized spacial score (nSPS) is 17.2. The maximum atomic E-state index is 10.9. The minimum atomic E-state index is -0.800. The number of ether oxygens (including phenoxy) is 2. The van der Waals surface area contributed by atoms with Gasteiger partial charge < -0.3 is 25.2 Å². The van der Waals surface area contributed by atoms with Gasteiger partial charge >= 0.3 is 12.1 Å². The van der Waals surface area contributed by atoms with Gasteiger partial charge in [-0.3, -0.25) is 19.5 Å². The first-order valence-electron chi connectivity index (χ1n) is 15.0. The molecule has 0 aliphatic carbocycles. The summed E-state index contributed by atoms with van der Waals surface area (Å²) in [4.78, 5) is 43.8. The zero-order chi connectivity index (χ0) is 33.1. The number of hydrogen-bond donors (Lipinski definition) is 2. The Balaban J connectivity index is 1.45. The molecule has 2 aliphatic heterocycles. The van der Waals surface area contributed by atoms with E-state index in [9.17, 15) is 9.59 Å². The highest BCUT2D eigenvalue weighted by Gasteiger charge is 2.20. The van der Waals surface area contributed by atoms with Gasteiger partial charge in [0.15, 0.2) is 0 Å². The number of aliphatic imine (C=N–C) groups is 2. The highest BCUT2D eigenvalue weighted by molar-refractivity contribution is 6.35. The predicted octanol–water partition coefficient (Wildman–Crippen LogP) is 3.66. The van der Waals surface area contributed by atoms with Gasteiger partial charge in [0.2, 0.25) is 11.8 Å². The van der Waals surface area contributed by atoms with Crippen LogP contribution in [0, 0.1) is 0 Å². The number of carboxylic acid groups (broad SMARTS) is 1. The number of benzene rings is 1. The summed E-state index contributed by atoms with van der Waals surface area (Å²) in [6.45, 7) is 13.7. The van der Waals surface area contributed by atoms with Crippen LogP contribution in [0.1, 0.15) is 18.9 Å². The van der Waals surface area contributed by atoms with E-state index in [4.69, 9.17) is 48.5 Å². The molecule has 2 aliphatic rings. The van der Waals surface area contributed by atoms with Crippen molar-refractivity contribution in [2.75, 3.05) is 72.1 Å². The minimum absolute atomic E-state index is 0.118. The van der Waals surface area contributed by atoms with Gasteiger partial charge in [0.1, 0.15) is 12.4 Å². The first kappa shape index (κ1) is 35.1. The number of pyridine rings is 1. The number of nitrogens with zero attached hydrogens (tertiary/aromatic N) is 7. The Morgan fingerprint density at radius 3 is 2.24 bits per heavy atom. The summed E-state index contributed by atoms with van der Waals surface area (Å²) in [5.41, 5.74) is 7.51. The number of halogens is 2. The number of guanidine groups is 1. The fourth-order valence-corrected chi connectivity index (χ4v) is 5.77. The molecule has 46 heavy (non-hydrogen) atoms. The number of hydrogen-bond acceptors (Lipinski definition) is 9. The van der Waals surface area contributed by atoms with Crippen molar-refractivity contribution in [2.45, 2.75) is 19.9 Å². The number of aromatic nitrogens is 1. The molecule has 0 unspecified atom stereocenters. The minimum Gasteiger partial charge on any atom is -0.481 e. The highest BCUT2D eigenvalue weighted by Crippen LogP contribution is 2.29. The smallest absolute Gasteiger partial charge is 0.404 e. The van der Waals surface area contributed by atoms with Crippen LogP contribution in [0.15, 0.2) is 52.3 Å². The number of rotatable bonds is 12. The molecule has 0 atom stereocenters. The number of allylic oxidation sites excluding steroid dienone is 1. The van der Waals surface area contributed by atoms with Crippen LogP contribution < -0.4 is 10.5 Å². The monoisotopic (exact) mass is 674 g/mol. The van der Waals surface area contributed by atoms with Gasteiger partial charge in [0, 0.05) is 93.7 Å². The average Bonchev–Trinajstić information content (AvgIpc) is 3.01. The van der Waals surface area contributed by atoms with Crippen LogP contribution in [-0.4, -0.2) is 126 Å². The van der Waals surface area contributed by atoms with Gasteiger partial charge in [-0.2, -0.15) is 0 Å². The van der Waals surface area contributed by atoms with Crippen LogP contribution in [0.2, 0.25) is 10.0 Å². The molecular weight excluding hydrogens is 635 g/mol. The molecule has 13 nitrogen and oxygen atoms in total. The third-order valence-corrected chi connectivity index (χ3v) is 8.05. The molecular formula is C31H40Cl2N8O5. The van der Waals surface area contributed by atoms with Gasteiger partial charge in [0.25, 0.3) is 0 Å². The van der Waals surface area contributed by atoms with E-state index in [1.165, 1.54) is 0 Å². The standard InChI is InChI=1S/C31H40Cl2N8O5/c1-22(20-36-31(35-2)41-11-9-38(10-12-41)4-3-29(42)43)46-28-16-23(15-27(37-28)24-17-25(32)19-26(33)18-24)21-40-7-5-39(6-8-40)13-14-45-30(34)44/h15-20H,2-14,21H2,1H3,(H2,34,44)(H,42,43)/b22-20+,36-31+. The number of carbonyl (C=O) groups excluding carboxylic acids is 1. The van der Waals surface area contributed by atoms with Crippen molar-refractivity contribution in [1.82, 2.24) is 24.6 Å². The third-order valence-electron chi connectivity index (χ3n) is 7.61. The largest absolute Gasteiger partial charge is 0.481 e. The number of piperazine rings is 2. The lowest BCUT2D eigenvalue weighted by Crippen LogP contribution is -2.48. The summed E-state index contributed by atoms with van der Waals surface area (Å²) >= 11 is 12.6. The second-order valence-electron chi connectivity index (χ2n) is 11.0. The SMILES string of the molecule is C=N/C(=N\C=C(/C)Oc1cc(CN2CCN(CCOC(N)=O)CC2)cc(-c2cc(Cl)cc(Cl)c2)n1)N1CCN(CCC(=O)O)CC1. The lowest BCUT2D eigenvalue weighted by Gasteiger charge is -2.34. The molecule has 4 rings (SSSR count). The Kier molecular flexibility index (Phi) is 13.2. The van der Waals surface area contributed by atoms with E-state index in [0.29, 0.717) is 79.2 Å². The van der Waals surface area contributed by atoms with E-state index in [-0.39, 0.29) is 13.0 Å². The highest BCUT2D eigenvalue weighted by atomic mass is 35.5. The zero-order valence-corrected chi connectivity index (χ0v) is 27.4. The Morgan fingerprint density at radius 2 is 1.61 bits per heavy atom. The van der Waals surface area contributed by atoms with Crippen molar-refractivity contribution in [2.24, 2.45) is 15.7 Å². The second kappa shape index (κ2) is 17.2. The lowest BCUT2D eigenvalue weighted by atomic mass is 10.1. The molecule has 1 aromatic heterocycles. The van der Waals surface area contributed by atoms with Gasteiger partial charge in [-0.15, -0.1) is 0 Å². The van der Waals surface area contributed by atoms with Crippen molar-refractivity contribution in [3.05, 3.63) is 57.9 Å². The number of carbonyl (C=O) groups is 2. The van der Waals surface area contributed by atoms with E-state index in [1.54, 1.807) is 19.2 Å². The van der Waals surface area contributed by atoms with Crippen molar-refractivity contribution in [3.63, 3.8) is 0 Å². The molecule has 15 heteroatoms. The van der Waals surface area contributed by atoms with Crippen LogP contribution in [0.5, 0.6) is 5.88 Å². The third kappa shape index (κ3) is 11.2. The van der Waals surface area contributed by atoms with E-state index in [1.807, 2.05) is 29.2 Å². The van der Waals surface area contributed by atoms with Crippen molar-refractivity contribution < 1.29 is 24.2 Å². The molecule has 0 spiro atoms. The summed E-state index contributed by atoms with van der Waals surface area (Å²) in [5, 5.41) is 9.96. The number of aliphatic carboxylic acids is 1. The Hall–Kier alpha value is -3.75. The molecule has 3 heterocycles. The fraction of sp³-hybridized carbons (Fsp3) is 0.452. The van der Waals surface area contributed by atoms with Crippen LogP contribution >= 0.6 is 23.2 Å². The van der Waals surface area contributed by atoms with E-state index in [2.05, 4.69) is 31.4 Å². The van der Waals surface area contributed by atoms with E-state index < -0.39 is 12.1 Å². The van der Waals surface area contributed by atoms with Crippen molar-refractivity contribution in [3.8, 4) is 17.1 Å². The van der Waals surface area contributed by atoms with Gasteiger partial charge in [0.05, 0.1) is 18.3 Å². The van der Waals surface area contributed by atoms with E-state index in [0.717, 1.165) is 37.3 Å². The summed E-state index contributed by atoms with van der Waals surface area (Å²) in [7, 11) is 0. The van der Waals surface area contributed by atoms with Gasteiger partial charge in [-0.05, 0) is 43.5 Å². The van der Waals surface area contributed by atoms with E-state index >= 15 is 0 Å². The first-order valence-corrected chi connectivity index (χ1v) is 15.8. The molecule has 2 saturated heterocycles. The Morgan fingerprint density at radius 1 is 0.978 bits per heavy atom. The molecule has 1 amide bonds. The summed E-state index contributed by atoms with van der Waals surface area (Å²) in [6.07, 6.45) is 0.949. The molecule has 2 fully saturated rings. The molecule has 2 aromatic rings. The first-order chi connectivity index (χ1) is 22.1. The predicted molar refractivity (Wildman–Crippen MR) is 179 cm³/mol. The molecule has 248 valence electrons.